The van der Waals surface area contributed by atoms with Crippen LogP contribution in [0, 0.1) is 0 Å². The minimum atomic E-state index is 0.786. The van der Waals surface area contributed by atoms with Crippen molar-refractivity contribution in [3.63, 3.8) is 0 Å². The molecule has 1 aromatic carbocycles. The van der Waals surface area contributed by atoms with E-state index in [1.54, 1.807) is 0 Å². The molecule has 2 nitrogen and oxygen atoms in total. The van der Waals surface area contributed by atoms with E-state index in [9.17, 15) is 0 Å². The Morgan fingerprint density at radius 3 is 1.83 bits per heavy atom. The van der Waals surface area contributed by atoms with E-state index in [0.29, 0.717) is 0 Å². The quantitative estimate of drug-likeness (QED) is 0.361. The number of rotatable bonds is 14. The summed E-state index contributed by atoms with van der Waals surface area (Å²) in [7, 11) is 0. The molecule has 0 aliphatic rings. The lowest BCUT2D eigenvalue weighted by atomic mass is 10.1. The highest BCUT2D eigenvalue weighted by molar-refractivity contribution is 5.43. The first-order valence-electron chi connectivity index (χ1n) is 9.70. The molecule has 0 fully saturated rings. The van der Waals surface area contributed by atoms with Crippen LogP contribution in [0.1, 0.15) is 84.1 Å². The Morgan fingerprint density at radius 2 is 1.22 bits per heavy atom. The zero-order valence-corrected chi connectivity index (χ0v) is 15.5. The Bertz CT molecular complexity index is 401. The molecule has 0 radical (unpaired) electrons. The van der Waals surface area contributed by atoms with Gasteiger partial charge >= 0.3 is 0 Å². The Labute approximate surface area is 143 Å². The average Bonchev–Trinajstić information content (AvgIpc) is 2.57. The van der Waals surface area contributed by atoms with E-state index >= 15 is 0 Å². The molecule has 23 heavy (non-hydrogen) atoms. The van der Waals surface area contributed by atoms with Crippen molar-refractivity contribution in [2.24, 2.45) is 0 Å². The molecule has 0 aliphatic carbocycles. The van der Waals surface area contributed by atoms with Crippen molar-refractivity contribution in [2.45, 2.75) is 85.0 Å². The minimum Gasteiger partial charge on any atom is -0.490 e. The fraction of sp³-hybridized carbons (Fsp3) is 0.714. The second-order valence-electron chi connectivity index (χ2n) is 6.35. The van der Waals surface area contributed by atoms with Crippen molar-refractivity contribution >= 4 is 0 Å². The lowest BCUT2D eigenvalue weighted by Gasteiger charge is -2.14. The Hall–Kier alpha value is -1.18. The maximum atomic E-state index is 6.02. The van der Waals surface area contributed by atoms with Crippen LogP contribution in [0.4, 0.5) is 0 Å². The summed E-state index contributed by atoms with van der Waals surface area (Å²) in [5.74, 6) is 1.85. The first-order chi connectivity index (χ1) is 11.3. The van der Waals surface area contributed by atoms with Crippen LogP contribution in [0.3, 0.4) is 0 Å². The second-order valence-corrected chi connectivity index (χ2v) is 6.35. The zero-order chi connectivity index (χ0) is 16.8. The number of ether oxygens (including phenoxy) is 2. The first-order valence-corrected chi connectivity index (χ1v) is 9.70. The third kappa shape index (κ3) is 8.88. The Morgan fingerprint density at radius 1 is 0.652 bits per heavy atom. The molecule has 132 valence electrons. The molecule has 0 N–H and O–H groups in total. The summed E-state index contributed by atoms with van der Waals surface area (Å²) in [6.07, 6.45) is 12.1. The molecule has 0 bridgehead atoms. The van der Waals surface area contributed by atoms with E-state index in [-0.39, 0.29) is 0 Å². The fourth-order valence-corrected chi connectivity index (χ4v) is 2.59. The third-order valence-electron chi connectivity index (χ3n) is 4.09. The van der Waals surface area contributed by atoms with Crippen LogP contribution in [0.25, 0.3) is 0 Å². The van der Waals surface area contributed by atoms with Crippen LogP contribution in [0.2, 0.25) is 0 Å². The van der Waals surface area contributed by atoms with Gasteiger partial charge in [-0.25, -0.2) is 0 Å². The highest BCUT2D eigenvalue weighted by atomic mass is 16.5. The van der Waals surface area contributed by atoms with Gasteiger partial charge in [0.05, 0.1) is 13.2 Å². The van der Waals surface area contributed by atoms with E-state index in [2.05, 4.69) is 39.0 Å². The fourth-order valence-electron chi connectivity index (χ4n) is 2.59. The highest BCUT2D eigenvalue weighted by Crippen LogP contribution is 2.29. The van der Waals surface area contributed by atoms with Crippen LogP contribution < -0.4 is 9.47 Å². The average molecular weight is 321 g/mol. The summed E-state index contributed by atoms with van der Waals surface area (Å²) in [6, 6.07) is 6.49. The number of aryl methyl sites for hydroxylation is 1. The largest absolute Gasteiger partial charge is 0.490 e. The first kappa shape index (κ1) is 19.9. The van der Waals surface area contributed by atoms with Gasteiger partial charge in [-0.1, -0.05) is 65.4 Å². The minimum absolute atomic E-state index is 0.786. The molecule has 0 saturated heterocycles. The Kier molecular flexibility index (Phi) is 11.5. The number of benzene rings is 1. The molecule has 0 atom stereocenters. The van der Waals surface area contributed by atoms with Gasteiger partial charge in [-0.05, 0) is 43.4 Å². The molecular formula is C21H36O2. The predicted molar refractivity (Wildman–Crippen MR) is 99.7 cm³/mol. The maximum Gasteiger partial charge on any atom is 0.161 e. The summed E-state index contributed by atoms with van der Waals surface area (Å²) >= 11 is 0. The summed E-state index contributed by atoms with van der Waals surface area (Å²) in [5, 5.41) is 0. The van der Waals surface area contributed by atoms with Crippen molar-refractivity contribution in [1.82, 2.24) is 0 Å². The SMILES string of the molecule is CCCCCOc1ccc(CCCCC)cc1OCCCCC. The molecule has 0 aliphatic heterocycles. The molecule has 2 heteroatoms. The normalized spacial score (nSPS) is 10.7. The molecule has 0 aromatic heterocycles. The lowest BCUT2D eigenvalue weighted by molar-refractivity contribution is 0.259. The van der Waals surface area contributed by atoms with Gasteiger partial charge in [0.2, 0.25) is 0 Å². The van der Waals surface area contributed by atoms with Gasteiger partial charge < -0.3 is 9.47 Å². The smallest absolute Gasteiger partial charge is 0.161 e. The van der Waals surface area contributed by atoms with Gasteiger partial charge in [0, 0.05) is 0 Å². The molecule has 0 unspecified atom stereocenters. The van der Waals surface area contributed by atoms with E-state index < -0.39 is 0 Å². The van der Waals surface area contributed by atoms with Gasteiger partial charge in [-0.2, -0.15) is 0 Å². The molecule has 0 amide bonds. The van der Waals surface area contributed by atoms with E-state index in [4.69, 9.17) is 9.47 Å². The van der Waals surface area contributed by atoms with Crippen molar-refractivity contribution in [3.05, 3.63) is 23.8 Å². The lowest BCUT2D eigenvalue weighted by Crippen LogP contribution is -2.03. The van der Waals surface area contributed by atoms with Crippen molar-refractivity contribution in [3.8, 4) is 11.5 Å². The monoisotopic (exact) mass is 320 g/mol. The van der Waals surface area contributed by atoms with E-state index in [1.165, 1.54) is 50.5 Å². The molecule has 0 spiro atoms. The van der Waals surface area contributed by atoms with Crippen LogP contribution in [-0.2, 0) is 6.42 Å². The summed E-state index contributed by atoms with van der Waals surface area (Å²) in [4.78, 5) is 0. The van der Waals surface area contributed by atoms with Gasteiger partial charge in [0.1, 0.15) is 0 Å². The maximum absolute atomic E-state index is 6.02. The molecular weight excluding hydrogens is 284 g/mol. The van der Waals surface area contributed by atoms with E-state index in [1.807, 2.05) is 0 Å². The third-order valence-corrected chi connectivity index (χ3v) is 4.09. The van der Waals surface area contributed by atoms with Gasteiger partial charge in [-0.15, -0.1) is 0 Å². The van der Waals surface area contributed by atoms with Crippen LogP contribution >= 0.6 is 0 Å². The summed E-state index contributed by atoms with van der Waals surface area (Å²) < 4.78 is 12.0. The van der Waals surface area contributed by atoms with Crippen LogP contribution in [0.5, 0.6) is 11.5 Å². The predicted octanol–water partition coefficient (Wildman–Crippen LogP) is 6.56. The Balaban J connectivity index is 2.60. The standard InChI is InChI=1S/C21H36O2/c1-4-7-10-13-19-14-15-20(22-16-11-8-5-2)21(18-19)23-17-12-9-6-3/h14-15,18H,4-13,16-17H2,1-3H3. The van der Waals surface area contributed by atoms with Crippen molar-refractivity contribution in [2.75, 3.05) is 13.2 Å². The number of unbranched alkanes of at least 4 members (excludes halogenated alkanes) is 6. The van der Waals surface area contributed by atoms with Crippen LogP contribution in [-0.4, -0.2) is 13.2 Å². The van der Waals surface area contributed by atoms with Gasteiger partial charge in [0.25, 0.3) is 0 Å². The van der Waals surface area contributed by atoms with Gasteiger partial charge in [-0.3, -0.25) is 0 Å². The molecule has 1 aromatic rings. The highest BCUT2D eigenvalue weighted by Gasteiger charge is 2.07. The topological polar surface area (TPSA) is 18.5 Å². The van der Waals surface area contributed by atoms with Gasteiger partial charge in [0.15, 0.2) is 11.5 Å². The summed E-state index contributed by atoms with van der Waals surface area (Å²) in [5.41, 5.74) is 1.37. The second kappa shape index (κ2) is 13.3. The van der Waals surface area contributed by atoms with E-state index in [0.717, 1.165) is 44.0 Å². The van der Waals surface area contributed by atoms with Crippen LogP contribution in [0.15, 0.2) is 18.2 Å². The molecule has 1 rings (SSSR count). The number of hydrogen-bond donors (Lipinski definition) is 0. The summed E-state index contributed by atoms with van der Waals surface area (Å²) in [6.45, 7) is 8.26. The van der Waals surface area contributed by atoms with Crippen molar-refractivity contribution in [1.29, 1.82) is 0 Å². The number of hydrogen-bond acceptors (Lipinski definition) is 2. The zero-order valence-electron chi connectivity index (χ0n) is 15.5. The van der Waals surface area contributed by atoms with Crippen molar-refractivity contribution < 1.29 is 9.47 Å². The molecule has 0 saturated carbocycles. The molecule has 0 heterocycles.